The first-order valence-electron chi connectivity index (χ1n) is 9.09. The Hall–Kier alpha value is -3.22. The maximum Gasteiger partial charge on any atom is 0.325 e. The summed E-state index contributed by atoms with van der Waals surface area (Å²) < 4.78 is 33.3. The van der Waals surface area contributed by atoms with E-state index < -0.39 is 11.6 Å². The van der Waals surface area contributed by atoms with E-state index in [2.05, 4.69) is 4.98 Å². The van der Waals surface area contributed by atoms with E-state index in [1.807, 2.05) is 12.1 Å². The van der Waals surface area contributed by atoms with E-state index in [9.17, 15) is 13.6 Å². The van der Waals surface area contributed by atoms with Crippen molar-refractivity contribution in [2.45, 2.75) is 25.4 Å². The number of carbonyl (C=O) groups is 1. The zero-order chi connectivity index (χ0) is 19.5. The van der Waals surface area contributed by atoms with Crippen LogP contribution < -0.4 is 4.90 Å². The molecule has 0 aliphatic carbocycles. The predicted molar refractivity (Wildman–Crippen MR) is 99.6 cm³/mol. The molecule has 0 radical (unpaired) electrons. The highest BCUT2D eigenvalue weighted by Crippen LogP contribution is 2.34. The molecule has 144 valence electrons. The number of aromatic nitrogens is 1. The van der Waals surface area contributed by atoms with Gasteiger partial charge in [0.25, 0.3) is 0 Å². The molecule has 3 heterocycles. The van der Waals surface area contributed by atoms with Crippen LogP contribution in [0.2, 0.25) is 0 Å². The number of halogens is 2. The first-order valence-corrected chi connectivity index (χ1v) is 9.09. The lowest BCUT2D eigenvalue weighted by atomic mass is 10.1. The lowest BCUT2D eigenvalue weighted by molar-refractivity contribution is 0.198. The fourth-order valence-corrected chi connectivity index (χ4v) is 3.60. The van der Waals surface area contributed by atoms with Crippen molar-refractivity contribution in [3.05, 3.63) is 84.1 Å². The summed E-state index contributed by atoms with van der Waals surface area (Å²) in [6.45, 7) is 0.608. The third-order valence-electron chi connectivity index (χ3n) is 4.91. The summed E-state index contributed by atoms with van der Waals surface area (Å²) in [7, 11) is 0. The van der Waals surface area contributed by atoms with Crippen molar-refractivity contribution >= 4 is 11.7 Å². The quantitative estimate of drug-likeness (QED) is 0.643. The summed E-state index contributed by atoms with van der Waals surface area (Å²) in [5.41, 5.74) is 1.00. The number of nitrogens with zero attached hydrogens (tertiary/aromatic N) is 3. The summed E-state index contributed by atoms with van der Waals surface area (Å²) in [6, 6.07) is 9.92. The van der Waals surface area contributed by atoms with Crippen LogP contribution in [0.3, 0.4) is 0 Å². The third kappa shape index (κ3) is 3.60. The molecule has 0 spiro atoms. The Bertz CT molecular complexity index is 948. The lowest BCUT2D eigenvalue weighted by Gasteiger charge is -2.32. The number of carbonyl (C=O) groups excluding carboxylic acids is 1. The molecule has 1 saturated heterocycles. The van der Waals surface area contributed by atoms with Gasteiger partial charge in [-0.05, 0) is 54.8 Å². The fraction of sp³-hybridized carbons (Fsp3) is 0.238. The van der Waals surface area contributed by atoms with E-state index in [4.69, 9.17) is 4.42 Å². The van der Waals surface area contributed by atoms with Crippen LogP contribution in [0.15, 0.2) is 65.5 Å². The SMILES string of the molecule is O=C(N(Cc1ccco1)c1ccc(F)cc1F)N1CCCC1c1ccncc1. The topological polar surface area (TPSA) is 49.6 Å². The smallest absolute Gasteiger partial charge is 0.325 e. The van der Waals surface area contributed by atoms with Gasteiger partial charge in [-0.15, -0.1) is 0 Å². The van der Waals surface area contributed by atoms with E-state index in [-0.39, 0.29) is 24.3 Å². The molecule has 1 unspecified atom stereocenters. The van der Waals surface area contributed by atoms with Gasteiger partial charge in [0.1, 0.15) is 17.4 Å². The molecule has 1 aliphatic heterocycles. The van der Waals surface area contributed by atoms with Crippen molar-refractivity contribution in [3.63, 3.8) is 0 Å². The summed E-state index contributed by atoms with van der Waals surface area (Å²) in [6.07, 6.45) is 6.54. The summed E-state index contributed by atoms with van der Waals surface area (Å²) in [5, 5.41) is 0. The lowest BCUT2D eigenvalue weighted by Crippen LogP contribution is -2.43. The molecule has 3 aromatic rings. The number of amides is 2. The average Bonchev–Trinajstić information content (AvgIpc) is 3.39. The van der Waals surface area contributed by atoms with Gasteiger partial charge in [0.2, 0.25) is 0 Å². The van der Waals surface area contributed by atoms with Gasteiger partial charge in [-0.25, -0.2) is 13.6 Å². The van der Waals surface area contributed by atoms with Gasteiger partial charge in [0.15, 0.2) is 0 Å². The Kier molecular flexibility index (Phi) is 5.06. The van der Waals surface area contributed by atoms with E-state index in [0.717, 1.165) is 30.5 Å². The molecule has 1 aliphatic rings. The minimum atomic E-state index is -0.792. The predicted octanol–water partition coefficient (Wildman–Crippen LogP) is 4.92. The Balaban J connectivity index is 1.68. The highest BCUT2D eigenvalue weighted by Gasteiger charge is 2.34. The largest absolute Gasteiger partial charge is 0.467 e. The number of rotatable bonds is 4. The van der Waals surface area contributed by atoms with E-state index in [1.54, 1.807) is 29.4 Å². The van der Waals surface area contributed by atoms with Crippen LogP contribution in [0.4, 0.5) is 19.3 Å². The number of furan rings is 1. The maximum absolute atomic E-state index is 14.5. The van der Waals surface area contributed by atoms with Crippen molar-refractivity contribution in [2.75, 3.05) is 11.4 Å². The second-order valence-electron chi connectivity index (χ2n) is 6.68. The average molecular weight is 383 g/mol. The number of anilines is 1. The Morgan fingerprint density at radius 3 is 2.75 bits per heavy atom. The second-order valence-corrected chi connectivity index (χ2v) is 6.68. The third-order valence-corrected chi connectivity index (χ3v) is 4.91. The highest BCUT2D eigenvalue weighted by molar-refractivity contribution is 5.92. The van der Waals surface area contributed by atoms with Gasteiger partial charge in [0, 0.05) is 25.0 Å². The molecule has 0 bridgehead atoms. The van der Waals surface area contributed by atoms with Crippen molar-refractivity contribution in [3.8, 4) is 0 Å². The van der Waals surface area contributed by atoms with E-state index >= 15 is 0 Å². The fourth-order valence-electron chi connectivity index (χ4n) is 3.60. The molecular weight excluding hydrogens is 364 g/mol. The first-order chi connectivity index (χ1) is 13.6. The maximum atomic E-state index is 14.5. The van der Waals surface area contributed by atoms with E-state index in [0.29, 0.717) is 12.3 Å². The zero-order valence-corrected chi connectivity index (χ0v) is 15.1. The molecule has 4 rings (SSSR count). The standard InChI is InChI=1S/C21H19F2N3O2/c22-16-5-6-20(18(23)13-16)26(14-17-3-2-12-28-17)21(27)25-11-1-4-19(25)15-7-9-24-10-8-15/h2-3,5-10,12-13,19H,1,4,11,14H2. The number of pyridine rings is 1. The number of benzene rings is 1. The van der Waals surface area contributed by atoms with Crippen molar-refractivity contribution in [1.82, 2.24) is 9.88 Å². The number of hydrogen-bond donors (Lipinski definition) is 0. The molecule has 7 heteroatoms. The zero-order valence-electron chi connectivity index (χ0n) is 15.1. The molecule has 0 N–H and O–H groups in total. The van der Waals surface area contributed by atoms with Gasteiger partial charge in [-0.1, -0.05) is 0 Å². The number of hydrogen-bond acceptors (Lipinski definition) is 3. The van der Waals surface area contributed by atoms with Crippen LogP contribution in [0.1, 0.15) is 30.2 Å². The Morgan fingerprint density at radius 2 is 2.04 bits per heavy atom. The molecule has 1 fully saturated rings. The Labute approximate surface area is 161 Å². The van der Waals surface area contributed by atoms with Gasteiger partial charge < -0.3 is 9.32 Å². The summed E-state index contributed by atoms with van der Waals surface area (Å²) >= 11 is 0. The summed E-state index contributed by atoms with van der Waals surface area (Å²) in [4.78, 5) is 20.5. The van der Waals surface area contributed by atoms with Gasteiger partial charge in [-0.3, -0.25) is 9.88 Å². The molecule has 2 aromatic heterocycles. The molecule has 1 aromatic carbocycles. The monoisotopic (exact) mass is 383 g/mol. The van der Waals surface area contributed by atoms with Crippen LogP contribution in [0.5, 0.6) is 0 Å². The highest BCUT2D eigenvalue weighted by atomic mass is 19.1. The van der Waals surface area contributed by atoms with Crippen molar-refractivity contribution in [1.29, 1.82) is 0 Å². The number of urea groups is 1. The van der Waals surface area contributed by atoms with Crippen LogP contribution in [0.25, 0.3) is 0 Å². The van der Waals surface area contributed by atoms with Crippen LogP contribution in [-0.4, -0.2) is 22.5 Å². The minimum absolute atomic E-state index is 0.0168. The normalized spacial score (nSPS) is 16.4. The van der Waals surface area contributed by atoms with Gasteiger partial charge in [-0.2, -0.15) is 0 Å². The van der Waals surface area contributed by atoms with E-state index in [1.165, 1.54) is 17.2 Å². The number of likely N-dealkylation sites (tertiary alicyclic amines) is 1. The molecule has 2 amide bonds. The van der Waals surface area contributed by atoms with Crippen LogP contribution >= 0.6 is 0 Å². The Morgan fingerprint density at radius 1 is 1.21 bits per heavy atom. The molecular formula is C21H19F2N3O2. The van der Waals surface area contributed by atoms with Crippen LogP contribution in [0, 0.1) is 11.6 Å². The van der Waals surface area contributed by atoms with Gasteiger partial charge in [0.05, 0.1) is 24.5 Å². The molecule has 28 heavy (non-hydrogen) atoms. The van der Waals surface area contributed by atoms with Crippen LogP contribution in [-0.2, 0) is 6.54 Å². The van der Waals surface area contributed by atoms with Crippen molar-refractivity contribution < 1.29 is 18.0 Å². The van der Waals surface area contributed by atoms with Crippen molar-refractivity contribution in [2.24, 2.45) is 0 Å². The summed E-state index contributed by atoms with van der Waals surface area (Å²) in [5.74, 6) is -0.973. The first kappa shape index (κ1) is 18.2. The van der Waals surface area contributed by atoms with Gasteiger partial charge >= 0.3 is 6.03 Å². The second kappa shape index (κ2) is 7.80. The molecule has 0 saturated carbocycles. The molecule has 1 atom stereocenters. The minimum Gasteiger partial charge on any atom is -0.467 e. The molecule has 5 nitrogen and oxygen atoms in total.